The summed E-state index contributed by atoms with van der Waals surface area (Å²) in [6.45, 7) is 8.09. The molecule has 1 heteroatoms. The fourth-order valence-corrected chi connectivity index (χ4v) is 3.25. The van der Waals surface area contributed by atoms with Crippen molar-refractivity contribution in [3.8, 4) is 0 Å². The van der Waals surface area contributed by atoms with Gasteiger partial charge in [-0.25, -0.2) is 0 Å². The van der Waals surface area contributed by atoms with E-state index in [2.05, 4.69) is 62.9 Å². The second kappa shape index (κ2) is 10.6. The lowest BCUT2D eigenvalue weighted by molar-refractivity contribution is 0.104. The second-order valence-electron chi connectivity index (χ2n) is 6.68. The van der Waals surface area contributed by atoms with E-state index in [1.807, 2.05) is 12.1 Å². The summed E-state index contributed by atoms with van der Waals surface area (Å²) in [5.74, 6) is 0.0347. The minimum absolute atomic E-state index is 0.0347. The number of rotatable bonds is 10. The van der Waals surface area contributed by atoms with Crippen molar-refractivity contribution in [3.05, 3.63) is 82.9 Å². The van der Waals surface area contributed by atoms with E-state index in [1.54, 1.807) is 0 Å². The van der Waals surface area contributed by atoms with Gasteiger partial charge in [0.1, 0.15) is 0 Å². The normalized spacial score (nSPS) is 11.0. The van der Waals surface area contributed by atoms with Crippen LogP contribution in [-0.4, -0.2) is 5.78 Å². The number of allylic oxidation sites excluding steroid dienone is 1. The van der Waals surface area contributed by atoms with Gasteiger partial charge in [0.15, 0.2) is 5.78 Å². The van der Waals surface area contributed by atoms with Crippen LogP contribution in [0.15, 0.2) is 55.1 Å². The third kappa shape index (κ3) is 5.29. The fraction of sp³-hybridized carbons (Fsp3) is 0.320. The molecule has 0 aromatic heterocycles. The average molecular weight is 347 g/mol. The molecule has 0 amide bonds. The summed E-state index contributed by atoms with van der Waals surface area (Å²) in [4.78, 5) is 12.4. The van der Waals surface area contributed by atoms with Gasteiger partial charge in [-0.3, -0.25) is 4.79 Å². The molecule has 0 atom stereocenters. The maximum Gasteiger partial charge on any atom is 0.185 e. The summed E-state index contributed by atoms with van der Waals surface area (Å²) in [5.41, 5.74) is 5.81. The molecule has 0 saturated heterocycles. The first-order chi connectivity index (χ1) is 12.7. The van der Waals surface area contributed by atoms with Crippen LogP contribution in [0.4, 0.5) is 0 Å². The Morgan fingerprint density at radius 2 is 1.54 bits per heavy atom. The Morgan fingerprint density at radius 1 is 0.885 bits per heavy atom. The first-order valence-corrected chi connectivity index (χ1v) is 9.75. The van der Waals surface area contributed by atoms with E-state index < -0.39 is 0 Å². The van der Waals surface area contributed by atoms with Crippen LogP contribution in [0.5, 0.6) is 0 Å². The lowest BCUT2D eigenvalue weighted by Crippen LogP contribution is -2.07. The number of benzene rings is 2. The SMILES string of the molecule is C=CC(=O)c1ccc(C=Cc2ccccc2)c(CCCC)c1CCCC. The van der Waals surface area contributed by atoms with Gasteiger partial charge in [0.25, 0.3) is 0 Å². The molecule has 0 unspecified atom stereocenters. The third-order valence-electron chi connectivity index (χ3n) is 4.73. The van der Waals surface area contributed by atoms with Crippen LogP contribution in [0.25, 0.3) is 12.2 Å². The van der Waals surface area contributed by atoms with Crippen LogP contribution in [0.1, 0.15) is 72.1 Å². The topological polar surface area (TPSA) is 17.1 Å². The smallest absolute Gasteiger partial charge is 0.185 e. The van der Waals surface area contributed by atoms with Crippen molar-refractivity contribution in [1.82, 2.24) is 0 Å². The number of unbranched alkanes of at least 4 members (excludes halogenated alkanes) is 2. The lowest BCUT2D eigenvalue weighted by Gasteiger charge is -2.16. The molecule has 0 aliphatic carbocycles. The van der Waals surface area contributed by atoms with Crippen molar-refractivity contribution in [1.29, 1.82) is 0 Å². The van der Waals surface area contributed by atoms with Gasteiger partial charge in [0.05, 0.1) is 0 Å². The lowest BCUT2D eigenvalue weighted by atomic mass is 9.87. The molecule has 26 heavy (non-hydrogen) atoms. The van der Waals surface area contributed by atoms with Crippen LogP contribution >= 0.6 is 0 Å². The molecular formula is C25H30O. The van der Waals surface area contributed by atoms with Crippen molar-refractivity contribution in [2.24, 2.45) is 0 Å². The van der Waals surface area contributed by atoms with Gasteiger partial charge in [-0.1, -0.05) is 87.9 Å². The van der Waals surface area contributed by atoms with Crippen LogP contribution < -0.4 is 0 Å². The van der Waals surface area contributed by atoms with Gasteiger partial charge in [0, 0.05) is 5.56 Å². The van der Waals surface area contributed by atoms with Gasteiger partial charge >= 0.3 is 0 Å². The molecule has 0 heterocycles. The molecule has 0 aliphatic heterocycles. The summed E-state index contributed by atoms with van der Waals surface area (Å²) in [6.07, 6.45) is 12.3. The number of hydrogen-bond acceptors (Lipinski definition) is 1. The Kier molecular flexibility index (Phi) is 8.08. The standard InChI is InChI=1S/C25H30O/c1-4-7-14-22-21(17-16-20-12-10-9-11-13-20)18-19-24(25(26)6-3)23(22)15-8-5-2/h6,9-13,16-19H,3-5,7-8,14-15H2,1-2H3. The van der Waals surface area contributed by atoms with Crippen molar-refractivity contribution < 1.29 is 4.79 Å². The average Bonchev–Trinajstić information content (AvgIpc) is 2.69. The zero-order valence-corrected chi connectivity index (χ0v) is 16.1. The summed E-state index contributed by atoms with van der Waals surface area (Å²) >= 11 is 0. The van der Waals surface area contributed by atoms with Crippen LogP contribution in [0, 0.1) is 0 Å². The molecular weight excluding hydrogens is 316 g/mol. The molecule has 136 valence electrons. The van der Waals surface area contributed by atoms with Crippen molar-refractivity contribution >= 4 is 17.9 Å². The van der Waals surface area contributed by atoms with Gasteiger partial charge in [0.2, 0.25) is 0 Å². The zero-order chi connectivity index (χ0) is 18.8. The van der Waals surface area contributed by atoms with Gasteiger partial charge in [-0.2, -0.15) is 0 Å². The highest BCUT2D eigenvalue weighted by Gasteiger charge is 2.15. The molecule has 0 N–H and O–H groups in total. The first kappa shape index (κ1) is 19.9. The maximum atomic E-state index is 12.4. The molecule has 2 rings (SSSR count). The van der Waals surface area contributed by atoms with E-state index in [-0.39, 0.29) is 5.78 Å². The summed E-state index contributed by atoms with van der Waals surface area (Å²) in [7, 11) is 0. The largest absolute Gasteiger partial charge is 0.289 e. The number of ketones is 1. The molecule has 0 spiro atoms. The third-order valence-corrected chi connectivity index (χ3v) is 4.73. The molecule has 2 aromatic rings. The summed E-state index contributed by atoms with van der Waals surface area (Å²) in [6, 6.07) is 14.4. The first-order valence-electron chi connectivity index (χ1n) is 9.75. The number of hydrogen-bond donors (Lipinski definition) is 0. The Balaban J connectivity index is 2.50. The molecule has 0 saturated carbocycles. The predicted molar refractivity (Wildman–Crippen MR) is 114 cm³/mol. The quantitative estimate of drug-likeness (QED) is 0.259. The van der Waals surface area contributed by atoms with Crippen LogP contribution in [0.3, 0.4) is 0 Å². The van der Waals surface area contributed by atoms with E-state index >= 15 is 0 Å². The summed E-state index contributed by atoms with van der Waals surface area (Å²) < 4.78 is 0. The molecule has 0 aliphatic rings. The molecule has 0 fully saturated rings. The second-order valence-corrected chi connectivity index (χ2v) is 6.68. The Morgan fingerprint density at radius 3 is 2.15 bits per heavy atom. The van der Waals surface area contributed by atoms with E-state index in [4.69, 9.17) is 0 Å². The Hall–Kier alpha value is -2.41. The monoisotopic (exact) mass is 346 g/mol. The van der Waals surface area contributed by atoms with E-state index in [9.17, 15) is 4.79 Å². The van der Waals surface area contributed by atoms with Crippen molar-refractivity contribution in [2.75, 3.05) is 0 Å². The van der Waals surface area contributed by atoms with Crippen LogP contribution in [0.2, 0.25) is 0 Å². The highest BCUT2D eigenvalue weighted by Crippen LogP contribution is 2.26. The highest BCUT2D eigenvalue weighted by atomic mass is 16.1. The minimum atomic E-state index is 0.0347. The maximum absolute atomic E-state index is 12.4. The predicted octanol–water partition coefficient (Wildman–Crippen LogP) is 6.91. The Bertz CT molecular complexity index is 753. The molecule has 0 radical (unpaired) electrons. The van der Waals surface area contributed by atoms with E-state index in [0.29, 0.717) is 0 Å². The fourth-order valence-electron chi connectivity index (χ4n) is 3.25. The van der Waals surface area contributed by atoms with E-state index in [0.717, 1.165) is 44.1 Å². The summed E-state index contributed by atoms with van der Waals surface area (Å²) in [5, 5.41) is 0. The highest BCUT2D eigenvalue weighted by molar-refractivity contribution is 6.05. The van der Waals surface area contributed by atoms with Gasteiger partial charge in [-0.15, -0.1) is 0 Å². The molecule has 1 nitrogen and oxygen atoms in total. The molecule has 2 aromatic carbocycles. The molecule has 0 bridgehead atoms. The van der Waals surface area contributed by atoms with Gasteiger partial charge < -0.3 is 0 Å². The van der Waals surface area contributed by atoms with Crippen molar-refractivity contribution in [2.45, 2.75) is 52.4 Å². The van der Waals surface area contributed by atoms with Gasteiger partial charge in [-0.05, 0) is 54.0 Å². The van der Waals surface area contributed by atoms with Crippen molar-refractivity contribution in [3.63, 3.8) is 0 Å². The van der Waals surface area contributed by atoms with E-state index in [1.165, 1.54) is 28.3 Å². The number of carbonyl (C=O) groups excluding carboxylic acids is 1. The number of carbonyl (C=O) groups is 1. The minimum Gasteiger partial charge on any atom is -0.289 e. The van der Waals surface area contributed by atoms with Crippen LogP contribution in [-0.2, 0) is 12.8 Å². The Labute approximate surface area is 158 Å². The zero-order valence-electron chi connectivity index (χ0n) is 16.1.